The van der Waals surface area contributed by atoms with Crippen LogP contribution in [0.4, 0.5) is 20.6 Å². The van der Waals surface area contributed by atoms with Crippen LogP contribution in [-0.2, 0) is 11.2 Å². The summed E-state index contributed by atoms with van der Waals surface area (Å²) >= 11 is 0. The maximum absolute atomic E-state index is 13.8. The summed E-state index contributed by atoms with van der Waals surface area (Å²) < 4.78 is 13.8. The molecule has 1 aliphatic rings. The molecular formula is C24H20FN3O2. The molecular weight excluding hydrogens is 381 g/mol. The summed E-state index contributed by atoms with van der Waals surface area (Å²) in [5, 5.41) is 5.19. The number of amides is 3. The zero-order valence-corrected chi connectivity index (χ0v) is 16.3. The molecule has 0 bridgehead atoms. The number of urea groups is 1. The van der Waals surface area contributed by atoms with Crippen LogP contribution in [0.1, 0.15) is 22.3 Å². The van der Waals surface area contributed by atoms with Gasteiger partial charge in [-0.25, -0.2) is 9.18 Å². The number of anilines is 2. The molecule has 0 saturated carbocycles. The molecule has 4 N–H and O–H groups in total. The molecule has 0 atom stereocenters. The molecule has 0 unspecified atom stereocenters. The lowest BCUT2D eigenvalue weighted by Gasteiger charge is -2.10. The van der Waals surface area contributed by atoms with E-state index in [0.717, 1.165) is 27.8 Å². The van der Waals surface area contributed by atoms with E-state index in [0.29, 0.717) is 17.7 Å². The van der Waals surface area contributed by atoms with Crippen molar-refractivity contribution in [2.75, 3.05) is 10.6 Å². The lowest BCUT2D eigenvalue weighted by atomic mass is 9.99. The number of aryl methyl sites for hydroxylation is 1. The second-order valence-electron chi connectivity index (χ2n) is 7.19. The first-order chi connectivity index (χ1) is 14.4. The highest BCUT2D eigenvalue weighted by Crippen LogP contribution is 2.38. The Morgan fingerprint density at radius 2 is 1.70 bits per heavy atom. The topological polar surface area (TPSA) is 84.2 Å². The van der Waals surface area contributed by atoms with Crippen LogP contribution in [0.15, 0.2) is 66.7 Å². The van der Waals surface area contributed by atoms with E-state index < -0.39 is 17.8 Å². The van der Waals surface area contributed by atoms with E-state index in [1.165, 1.54) is 6.07 Å². The normalized spacial score (nSPS) is 12.5. The summed E-state index contributed by atoms with van der Waals surface area (Å²) in [6.45, 7) is 1.82. The van der Waals surface area contributed by atoms with E-state index in [1.54, 1.807) is 24.3 Å². The summed E-state index contributed by atoms with van der Waals surface area (Å²) in [7, 11) is 0. The van der Waals surface area contributed by atoms with Crippen LogP contribution in [0.3, 0.4) is 0 Å². The molecule has 3 aromatic carbocycles. The van der Waals surface area contributed by atoms with Gasteiger partial charge in [0.25, 0.3) is 0 Å². The van der Waals surface area contributed by atoms with Crippen LogP contribution >= 0.6 is 0 Å². The Kier molecular flexibility index (Phi) is 5.06. The minimum Gasteiger partial charge on any atom is -0.366 e. The van der Waals surface area contributed by atoms with Crippen molar-refractivity contribution in [2.45, 2.75) is 13.3 Å². The van der Waals surface area contributed by atoms with E-state index in [-0.39, 0.29) is 5.69 Å². The quantitative estimate of drug-likeness (QED) is 0.590. The zero-order chi connectivity index (χ0) is 21.3. The second-order valence-corrected chi connectivity index (χ2v) is 7.19. The molecule has 0 saturated heterocycles. The molecule has 0 aliphatic heterocycles. The maximum Gasteiger partial charge on any atom is 0.323 e. The van der Waals surface area contributed by atoms with Crippen LogP contribution in [0.25, 0.3) is 11.1 Å². The monoisotopic (exact) mass is 401 g/mol. The molecule has 5 nitrogen and oxygen atoms in total. The first-order valence-electron chi connectivity index (χ1n) is 9.48. The summed E-state index contributed by atoms with van der Waals surface area (Å²) in [6.07, 6.45) is 0.619. The second kappa shape index (κ2) is 7.83. The molecule has 150 valence electrons. The Bertz CT molecular complexity index is 1180. The van der Waals surface area contributed by atoms with E-state index >= 15 is 0 Å². The van der Waals surface area contributed by atoms with Gasteiger partial charge in [0.15, 0.2) is 0 Å². The van der Waals surface area contributed by atoms with Gasteiger partial charge >= 0.3 is 6.03 Å². The van der Waals surface area contributed by atoms with Crippen molar-refractivity contribution >= 4 is 34.5 Å². The van der Waals surface area contributed by atoms with Gasteiger partial charge < -0.3 is 16.4 Å². The molecule has 6 heteroatoms. The molecule has 0 spiro atoms. The fourth-order valence-corrected chi connectivity index (χ4v) is 3.66. The van der Waals surface area contributed by atoms with Crippen molar-refractivity contribution in [2.24, 2.45) is 5.73 Å². The number of halogens is 1. The molecule has 0 radical (unpaired) electrons. The third-order valence-electron chi connectivity index (χ3n) is 5.06. The Balaban J connectivity index is 1.52. The number of fused-ring (bicyclic) bond motifs is 1. The van der Waals surface area contributed by atoms with E-state index in [9.17, 15) is 14.0 Å². The fourth-order valence-electron chi connectivity index (χ4n) is 3.66. The van der Waals surface area contributed by atoms with Crippen molar-refractivity contribution in [3.63, 3.8) is 0 Å². The number of nitrogens with one attached hydrogen (secondary N) is 2. The lowest BCUT2D eigenvalue weighted by Crippen LogP contribution is -2.20. The third kappa shape index (κ3) is 3.80. The Morgan fingerprint density at radius 1 is 0.967 bits per heavy atom. The molecule has 0 heterocycles. The summed E-state index contributed by atoms with van der Waals surface area (Å²) in [5.41, 5.74) is 11.3. The van der Waals surface area contributed by atoms with Gasteiger partial charge in [-0.05, 0) is 65.4 Å². The van der Waals surface area contributed by atoms with Crippen LogP contribution in [0.5, 0.6) is 0 Å². The maximum atomic E-state index is 13.8. The fraction of sp³-hybridized carbons (Fsp3) is 0.0833. The van der Waals surface area contributed by atoms with Gasteiger partial charge in [-0.3, -0.25) is 4.79 Å². The number of carbonyl (C=O) groups is 2. The predicted octanol–water partition coefficient (Wildman–Crippen LogP) is 4.73. The number of primary amides is 1. The van der Waals surface area contributed by atoms with Crippen LogP contribution in [0.2, 0.25) is 0 Å². The molecule has 1 aliphatic carbocycles. The smallest absolute Gasteiger partial charge is 0.323 e. The van der Waals surface area contributed by atoms with Gasteiger partial charge in [0, 0.05) is 5.69 Å². The van der Waals surface area contributed by atoms with Crippen LogP contribution in [0, 0.1) is 12.7 Å². The number of rotatable bonds is 4. The van der Waals surface area contributed by atoms with Gasteiger partial charge in [-0.2, -0.15) is 0 Å². The first-order valence-corrected chi connectivity index (χ1v) is 9.48. The summed E-state index contributed by atoms with van der Waals surface area (Å²) in [6, 6.07) is 18.8. The van der Waals surface area contributed by atoms with Crippen molar-refractivity contribution in [1.29, 1.82) is 0 Å². The van der Waals surface area contributed by atoms with Gasteiger partial charge in [0.1, 0.15) is 5.82 Å². The largest absolute Gasteiger partial charge is 0.366 e. The number of hydrogen-bond donors (Lipinski definition) is 3. The summed E-state index contributed by atoms with van der Waals surface area (Å²) in [5.74, 6) is -0.963. The van der Waals surface area contributed by atoms with Gasteiger partial charge in [-0.1, -0.05) is 42.5 Å². The number of benzene rings is 3. The molecule has 3 aromatic rings. The van der Waals surface area contributed by atoms with Gasteiger partial charge in [0.2, 0.25) is 5.91 Å². The highest BCUT2D eigenvalue weighted by molar-refractivity contribution is 6.28. The zero-order valence-electron chi connectivity index (χ0n) is 16.3. The molecule has 30 heavy (non-hydrogen) atoms. The Hall–Kier alpha value is -3.93. The van der Waals surface area contributed by atoms with Crippen molar-refractivity contribution in [3.05, 3.63) is 94.8 Å². The van der Waals surface area contributed by atoms with Crippen LogP contribution in [-0.4, -0.2) is 11.9 Å². The molecule has 0 fully saturated rings. The van der Waals surface area contributed by atoms with E-state index in [2.05, 4.69) is 10.6 Å². The van der Waals surface area contributed by atoms with Gasteiger partial charge in [0.05, 0.1) is 11.3 Å². The highest BCUT2D eigenvalue weighted by Gasteiger charge is 2.25. The minimum absolute atomic E-state index is 0.115. The SMILES string of the molecule is Cc1ccc(F)c(NC(=O)Nc2ccc(C3=C(C(N)=O)c4ccccc4C3)cc2)c1. The number of nitrogens with two attached hydrogens (primary N) is 1. The van der Waals surface area contributed by atoms with Crippen LogP contribution < -0.4 is 16.4 Å². The number of hydrogen-bond acceptors (Lipinski definition) is 2. The average Bonchev–Trinajstić information content (AvgIpc) is 3.11. The highest BCUT2D eigenvalue weighted by atomic mass is 19.1. The molecule has 3 amide bonds. The average molecular weight is 401 g/mol. The standard InChI is InChI=1S/C24H20FN3O2/c1-14-6-11-20(25)21(12-14)28-24(30)27-17-9-7-15(8-10-17)19-13-16-4-2-3-5-18(16)22(19)23(26)29/h2-12H,13H2,1H3,(H2,26,29)(H2,27,28,30). The lowest BCUT2D eigenvalue weighted by molar-refractivity contribution is -0.112. The van der Waals surface area contributed by atoms with Gasteiger partial charge in [-0.15, -0.1) is 0 Å². The van der Waals surface area contributed by atoms with Crippen molar-refractivity contribution in [1.82, 2.24) is 0 Å². The van der Waals surface area contributed by atoms with E-state index in [1.807, 2.05) is 43.3 Å². The molecule has 0 aromatic heterocycles. The molecule has 4 rings (SSSR count). The van der Waals surface area contributed by atoms with E-state index in [4.69, 9.17) is 5.73 Å². The Labute approximate surface area is 173 Å². The minimum atomic E-state index is -0.544. The number of allylic oxidation sites excluding steroid dienone is 1. The van der Waals surface area contributed by atoms with Crippen molar-refractivity contribution in [3.8, 4) is 0 Å². The number of carbonyl (C=O) groups excluding carboxylic acids is 2. The first kappa shape index (κ1) is 19.4. The predicted molar refractivity (Wildman–Crippen MR) is 116 cm³/mol. The Morgan fingerprint density at radius 3 is 2.43 bits per heavy atom. The third-order valence-corrected chi connectivity index (χ3v) is 5.06. The van der Waals surface area contributed by atoms with Crippen molar-refractivity contribution < 1.29 is 14.0 Å². The summed E-state index contributed by atoms with van der Waals surface area (Å²) in [4.78, 5) is 24.3.